The van der Waals surface area contributed by atoms with E-state index in [2.05, 4.69) is 15.0 Å². The number of hydrogen-bond donors (Lipinski definition) is 2. The molecule has 23 heavy (non-hydrogen) atoms. The largest absolute Gasteiger partial charge is 0.424 e. The minimum Gasteiger partial charge on any atom is -0.424 e. The van der Waals surface area contributed by atoms with Crippen LogP contribution in [-0.4, -0.2) is 26.5 Å². The third-order valence-electron chi connectivity index (χ3n) is 3.27. The van der Waals surface area contributed by atoms with Crippen LogP contribution < -0.4 is 10.0 Å². The Morgan fingerprint density at radius 1 is 1.22 bits per heavy atom. The SMILES string of the molecule is Cc1cc(S(=O)(=O)NCCNc2nc3ccccc3o2)c(C)s1. The molecule has 0 aliphatic rings. The van der Waals surface area contributed by atoms with Gasteiger partial charge in [0, 0.05) is 22.8 Å². The van der Waals surface area contributed by atoms with Crippen molar-refractivity contribution in [2.75, 3.05) is 18.4 Å². The molecule has 0 aliphatic carbocycles. The molecule has 3 rings (SSSR count). The minimum atomic E-state index is -3.48. The molecule has 0 aliphatic heterocycles. The summed E-state index contributed by atoms with van der Waals surface area (Å²) in [6, 6.07) is 9.51. The Hall–Kier alpha value is -1.90. The molecule has 0 spiro atoms. The van der Waals surface area contributed by atoms with Crippen molar-refractivity contribution >= 4 is 38.5 Å². The Morgan fingerprint density at radius 3 is 2.70 bits per heavy atom. The van der Waals surface area contributed by atoms with E-state index >= 15 is 0 Å². The zero-order valence-corrected chi connectivity index (χ0v) is 14.4. The minimum absolute atomic E-state index is 0.245. The van der Waals surface area contributed by atoms with Gasteiger partial charge in [0.2, 0.25) is 10.0 Å². The number of rotatable bonds is 6. The van der Waals surface area contributed by atoms with E-state index < -0.39 is 10.0 Å². The number of aromatic nitrogens is 1. The van der Waals surface area contributed by atoms with Crippen molar-refractivity contribution in [1.82, 2.24) is 9.71 Å². The van der Waals surface area contributed by atoms with E-state index in [1.54, 1.807) is 6.07 Å². The van der Waals surface area contributed by atoms with Crippen LogP contribution in [0.4, 0.5) is 6.01 Å². The summed E-state index contributed by atoms with van der Waals surface area (Å²) in [6.07, 6.45) is 0. The summed E-state index contributed by atoms with van der Waals surface area (Å²) in [7, 11) is -3.48. The molecule has 1 aromatic carbocycles. The van der Waals surface area contributed by atoms with Crippen LogP contribution in [0.5, 0.6) is 0 Å². The lowest BCUT2D eigenvalue weighted by atomic mass is 10.3. The number of hydrogen-bond acceptors (Lipinski definition) is 6. The van der Waals surface area contributed by atoms with E-state index in [-0.39, 0.29) is 6.54 Å². The van der Waals surface area contributed by atoms with E-state index in [9.17, 15) is 8.42 Å². The second-order valence-electron chi connectivity index (χ2n) is 5.09. The molecular weight excluding hydrogens is 334 g/mol. The molecule has 0 amide bonds. The Bertz CT molecular complexity index is 895. The van der Waals surface area contributed by atoms with E-state index in [4.69, 9.17) is 4.42 Å². The summed E-state index contributed by atoms with van der Waals surface area (Å²) in [5.41, 5.74) is 1.46. The second-order valence-corrected chi connectivity index (χ2v) is 8.28. The Kier molecular flexibility index (Phi) is 4.38. The number of oxazole rings is 1. The zero-order valence-electron chi connectivity index (χ0n) is 12.8. The maximum Gasteiger partial charge on any atom is 0.295 e. The number of fused-ring (bicyclic) bond motifs is 1. The highest BCUT2D eigenvalue weighted by Crippen LogP contribution is 2.24. The van der Waals surface area contributed by atoms with Crippen LogP contribution in [0.2, 0.25) is 0 Å². The lowest BCUT2D eigenvalue weighted by molar-refractivity contribution is 0.580. The van der Waals surface area contributed by atoms with Gasteiger partial charge in [-0.05, 0) is 32.0 Å². The molecule has 0 fully saturated rings. The van der Waals surface area contributed by atoms with E-state index in [1.807, 2.05) is 38.1 Å². The number of sulfonamides is 1. The summed E-state index contributed by atoms with van der Waals surface area (Å²) >= 11 is 1.47. The van der Waals surface area contributed by atoms with Gasteiger partial charge in [0.15, 0.2) is 5.58 Å². The number of aryl methyl sites for hydroxylation is 2. The highest BCUT2D eigenvalue weighted by atomic mass is 32.2. The topological polar surface area (TPSA) is 84.2 Å². The van der Waals surface area contributed by atoms with Gasteiger partial charge in [0.05, 0.1) is 4.90 Å². The van der Waals surface area contributed by atoms with Gasteiger partial charge >= 0.3 is 0 Å². The van der Waals surface area contributed by atoms with Crippen molar-refractivity contribution in [2.24, 2.45) is 0 Å². The van der Waals surface area contributed by atoms with Crippen molar-refractivity contribution < 1.29 is 12.8 Å². The lowest BCUT2D eigenvalue weighted by Gasteiger charge is -2.06. The third kappa shape index (κ3) is 3.54. The van der Waals surface area contributed by atoms with Crippen LogP contribution >= 0.6 is 11.3 Å². The first-order chi connectivity index (χ1) is 11.0. The number of nitrogens with one attached hydrogen (secondary N) is 2. The highest BCUT2D eigenvalue weighted by molar-refractivity contribution is 7.89. The molecule has 3 aromatic rings. The molecule has 0 saturated heterocycles. The van der Waals surface area contributed by atoms with Gasteiger partial charge in [-0.3, -0.25) is 0 Å². The maximum atomic E-state index is 12.2. The number of nitrogens with zero attached hydrogens (tertiary/aromatic N) is 1. The van der Waals surface area contributed by atoms with Crippen molar-refractivity contribution in [3.05, 3.63) is 40.1 Å². The average Bonchev–Trinajstić information content (AvgIpc) is 3.06. The highest BCUT2D eigenvalue weighted by Gasteiger charge is 2.18. The first-order valence-electron chi connectivity index (χ1n) is 7.12. The zero-order chi connectivity index (χ0) is 16.4. The predicted molar refractivity (Wildman–Crippen MR) is 91.5 cm³/mol. The fourth-order valence-corrected chi connectivity index (χ4v) is 4.84. The molecule has 2 heterocycles. The van der Waals surface area contributed by atoms with Gasteiger partial charge in [-0.2, -0.15) is 4.98 Å². The third-order valence-corrected chi connectivity index (χ3v) is 5.95. The predicted octanol–water partition coefficient (Wildman–Crippen LogP) is 2.90. The smallest absolute Gasteiger partial charge is 0.295 e. The monoisotopic (exact) mass is 351 g/mol. The summed E-state index contributed by atoms with van der Waals surface area (Å²) < 4.78 is 32.6. The Morgan fingerprint density at radius 2 is 2.00 bits per heavy atom. The molecule has 0 saturated carbocycles. The van der Waals surface area contributed by atoms with Crippen LogP contribution in [0.3, 0.4) is 0 Å². The van der Waals surface area contributed by atoms with E-state index in [0.717, 1.165) is 15.3 Å². The molecule has 0 radical (unpaired) electrons. The molecule has 2 N–H and O–H groups in total. The summed E-state index contributed by atoms with van der Waals surface area (Å²) in [5.74, 6) is 0. The van der Waals surface area contributed by atoms with Crippen molar-refractivity contribution in [1.29, 1.82) is 0 Å². The summed E-state index contributed by atoms with van der Waals surface area (Å²) in [6.45, 7) is 4.33. The van der Waals surface area contributed by atoms with Gasteiger partial charge in [-0.15, -0.1) is 11.3 Å². The van der Waals surface area contributed by atoms with Crippen molar-refractivity contribution in [3.8, 4) is 0 Å². The fraction of sp³-hybridized carbons (Fsp3) is 0.267. The van der Waals surface area contributed by atoms with Crippen molar-refractivity contribution in [2.45, 2.75) is 18.7 Å². The van der Waals surface area contributed by atoms with Gasteiger partial charge < -0.3 is 9.73 Å². The van der Waals surface area contributed by atoms with Crippen LogP contribution in [-0.2, 0) is 10.0 Å². The number of thiophene rings is 1. The van der Waals surface area contributed by atoms with Crippen LogP contribution in [0, 0.1) is 13.8 Å². The summed E-state index contributed by atoms with van der Waals surface area (Å²) in [5, 5.41) is 2.98. The Balaban J connectivity index is 1.58. The van der Waals surface area contributed by atoms with Gasteiger partial charge in [-0.25, -0.2) is 13.1 Å². The molecule has 122 valence electrons. The standard InChI is InChI=1S/C15H17N3O3S2/c1-10-9-14(11(2)22-10)23(19,20)17-8-7-16-15-18-12-5-3-4-6-13(12)21-15/h3-6,9,17H,7-8H2,1-2H3,(H,16,18). The molecule has 2 aromatic heterocycles. The van der Waals surface area contributed by atoms with E-state index in [1.165, 1.54) is 11.3 Å². The van der Waals surface area contributed by atoms with Crippen LogP contribution in [0.15, 0.2) is 39.6 Å². The molecule has 6 nitrogen and oxygen atoms in total. The lowest BCUT2D eigenvalue weighted by Crippen LogP contribution is -2.29. The molecule has 0 bridgehead atoms. The van der Waals surface area contributed by atoms with Crippen molar-refractivity contribution in [3.63, 3.8) is 0 Å². The quantitative estimate of drug-likeness (QED) is 0.667. The first-order valence-corrected chi connectivity index (χ1v) is 9.42. The van der Waals surface area contributed by atoms with Crippen LogP contribution in [0.1, 0.15) is 9.75 Å². The second kappa shape index (κ2) is 6.31. The average molecular weight is 351 g/mol. The maximum absolute atomic E-state index is 12.2. The molecular formula is C15H17N3O3S2. The molecule has 0 atom stereocenters. The molecule has 8 heteroatoms. The summed E-state index contributed by atoms with van der Waals surface area (Å²) in [4.78, 5) is 6.39. The first kappa shape index (κ1) is 16.0. The Labute approximate surface area is 138 Å². The van der Waals surface area contributed by atoms with Gasteiger partial charge in [0.1, 0.15) is 5.52 Å². The van der Waals surface area contributed by atoms with E-state index in [0.29, 0.717) is 23.0 Å². The molecule has 0 unspecified atom stereocenters. The van der Waals surface area contributed by atoms with Gasteiger partial charge in [0.25, 0.3) is 6.01 Å². The van der Waals surface area contributed by atoms with Crippen LogP contribution in [0.25, 0.3) is 11.1 Å². The van der Waals surface area contributed by atoms with Gasteiger partial charge in [-0.1, -0.05) is 12.1 Å². The fourth-order valence-electron chi connectivity index (χ4n) is 2.25. The number of anilines is 1. The normalized spacial score (nSPS) is 11.9. The number of para-hydroxylation sites is 2. The number of benzene rings is 1.